The molecule has 3 N–H and O–H groups in total. The molecule has 1 aliphatic heterocycles. The van der Waals surface area contributed by atoms with E-state index in [2.05, 4.69) is 52.5 Å². The van der Waals surface area contributed by atoms with E-state index in [1.54, 1.807) is 6.20 Å². The number of hydrogen-bond acceptors (Lipinski definition) is 4. The first kappa shape index (κ1) is 17.6. The summed E-state index contributed by atoms with van der Waals surface area (Å²) in [5, 5.41) is 15.2. The van der Waals surface area contributed by atoms with Crippen molar-refractivity contribution in [2.45, 2.75) is 36.9 Å². The molecular formula is C23H26N4O. The third-order valence-corrected chi connectivity index (χ3v) is 6.62. The third kappa shape index (κ3) is 2.78. The zero-order valence-electron chi connectivity index (χ0n) is 15.9. The first-order valence-corrected chi connectivity index (χ1v) is 10.0. The second-order valence-corrected chi connectivity index (χ2v) is 8.11. The van der Waals surface area contributed by atoms with Gasteiger partial charge in [-0.1, -0.05) is 36.4 Å². The van der Waals surface area contributed by atoms with Crippen LogP contribution in [0, 0.1) is 0 Å². The highest BCUT2D eigenvalue weighted by molar-refractivity contribution is 5.45. The Balaban J connectivity index is 1.28. The summed E-state index contributed by atoms with van der Waals surface area (Å²) in [6.45, 7) is 2.87. The van der Waals surface area contributed by atoms with E-state index in [0.29, 0.717) is 0 Å². The Bertz CT molecular complexity index is 943. The number of aliphatic hydroxyl groups excluding tert-OH is 1. The van der Waals surface area contributed by atoms with Gasteiger partial charge in [-0.2, -0.15) is 5.10 Å². The minimum atomic E-state index is -0.486. The predicted octanol–water partition coefficient (Wildman–Crippen LogP) is 2.78. The van der Waals surface area contributed by atoms with E-state index in [1.807, 2.05) is 23.0 Å². The lowest BCUT2D eigenvalue weighted by Crippen LogP contribution is -2.48. The number of rotatable bonds is 3. The van der Waals surface area contributed by atoms with Crippen LogP contribution in [-0.2, 0) is 12.0 Å². The molecule has 1 aromatic heterocycles. The maximum Gasteiger partial charge on any atom is 0.0830 e. The molecule has 0 unspecified atom stereocenters. The van der Waals surface area contributed by atoms with Crippen molar-refractivity contribution >= 4 is 0 Å². The van der Waals surface area contributed by atoms with E-state index in [1.165, 1.54) is 11.1 Å². The SMILES string of the molecule is N[C@@H]1c2ccccc2C2(CCN(Cc3ccc(-n4cccn4)cc3)CC2)[C@H]1O. The molecule has 0 bridgehead atoms. The molecule has 5 rings (SSSR count). The van der Waals surface area contributed by atoms with Gasteiger partial charge in [0.1, 0.15) is 0 Å². The number of aromatic nitrogens is 2. The van der Waals surface area contributed by atoms with Crippen molar-refractivity contribution in [2.75, 3.05) is 13.1 Å². The Labute approximate surface area is 165 Å². The average molecular weight is 374 g/mol. The van der Waals surface area contributed by atoms with Crippen LogP contribution in [-0.4, -0.2) is 39.0 Å². The zero-order valence-corrected chi connectivity index (χ0v) is 15.9. The summed E-state index contributed by atoms with van der Waals surface area (Å²) in [5.74, 6) is 0. The fourth-order valence-corrected chi connectivity index (χ4v) is 5.02. The van der Waals surface area contributed by atoms with Crippen LogP contribution < -0.4 is 5.73 Å². The number of benzene rings is 2. The van der Waals surface area contributed by atoms with Crippen molar-refractivity contribution in [1.82, 2.24) is 14.7 Å². The van der Waals surface area contributed by atoms with E-state index in [9.17, 15) is 5.11 Å². The van der Waals surface area contributed by atoms with E-state index in [-0.39, 0.29) is 11.5 Å². The summed E-state index contributed by atoms with van der Waals surface area (Å²) in [5.41, 5.74) is 10.9. The topological polar surface area (TPSA) is 67.3 Å². The Kier molecular flexibility index (Phi) is 4.31. The van der Waals surface area contributed by atoms with Gasteiger partial charge in [0.15, 0.2) is 0 Å². The summed E-state index contributed by atoms with van der Waals surface area (Å²) in [6.07, 6.45) is 5.16. The minimum absolute atomic E-state index is 0.184. The predicted molar refractivity (Wildman–Crippen MR) is 109 cm³/mol. The second kappa shape index (κ2) is 6.85. The Morgan fingerprint density at radius 1 is 1.04 bits per heavy atom. The van der Waals surface area contributed by atoms with Crippen LogP contribution in [0.2, 0.25) is 0 Å². The van der Waals surface area contributed by atoms with Gasteiger partial charge in [-0.3, -0.25) is 4.90 Å². The molecule has 2 heterocycles. The summed E-state index contributed by atoms with van der Waals surface area (Å²) >= 11 is 0. The molecule has 28 heavy (non-hydrogen) atoms. The van der Waals surface area contributed by atoms with E-state index < -0.39 is 6.10 Å². The lowest BCUT2D eigenvalue weighted by Gasteiger charge is -2.42. The molecule has 0 radical (unpaired) electrons. The van der Waals surface area contributed by atoms with Gasteiger partial charge in [-0.05, 0) is 60.8 Å². The maximum absolute atomic E-state index is 10.9. The molecule has 3 aromatic rings. The Morgan fingerprint density at radius 3 is 2.50 bits per heavy atom. The van der Waals surface area contributed by atoms with Crippen LogP contribution in [0.15, 0.2) is 67.0 Å². The Morgan fingerprint density at radius 2 is 1.79 bits per heavy atom. The summed E-state index contributed by atoms with van der Waals surface area (Å²) in [7, 11) is 0. The second-order valence-electron chi connectivity index (χ2n) is 8.11. The van der Waals surface area contributed by atoms with Crippen molar-refractivity contribution < 1.29 is 5.11 Å². The van der Waals surface area contributed by atoms with Crippen molar-refractivity contribution in [3.63, 3.8) is 0 Å². The minimum Gasteiger partial charge on any atom is -0.390 e. The molecule has 1 aliphatic carbocycles. The maximum atomic E-state index is 10.9. The molecule has 1 saturated heterocycles. The van der Waals surface area contributed by atoms with E-state index >= 15 is 0 Å². The molecule has 2 aromatic carbocycles. The van der Waals surface area contributed by atoms with Crippen LogP contribution in [0.3, 0.4) is 0 Å². The molecule has 2 atom stereocenters. The van der Waals surface area contributed by atoms with Crippen molar-refractivity contribution in [1.29, 1.82) is 0 Å². The van der Waals surface area contributed by atoms with Gasteiger partial charge in [-0.25, -0.2) is 4.68 Å². The van der Waals surface area contributed by atoms with Gasteiger partial charge in [0.2, 0.25) is 0 Å². The van der Waals surface area contributed by atoms with Crippen LogP contribution in [0.4, 0.5) is 0 Å². The van der Waals surface area contributed by atoms with Gasteiger partial charge in [-0.15, -0.1) is 0 Å². The quantitative estimate of drug-likeness (QED) is 0.740. The molecule has 144 valence electrons. The number of fused-ring (bicyclic) bond motifs is 2. The lowest BCUT2D eigenvalue weighted by molar-refractivity contribution is 0.0271. The molecule has 2 aliphatic rings. The highest BCUT2D eigenvalue weighted by Crippen LogP contribution is 2.50. The number of likely N-dealkylation sites (tertiary alicyclic amines) is 1. The fraction of sp³-hybridized carbons (Fsp3) is 0.348. The highest BCUT2D eigenvalue weighted by Gasteiger charge is 2.51. The Hall–Kier alpha value is -2.47. The monoisotopic (exact) mass is 374 g/mol. The molecule has 5 nitrogen and oxygen atoms in total. The van der Waals surface area contributed by atoms with Crippen LogP contribution >= 0.6 is 0 Å². The zero-order chi connectivity index (χ0) is 19.1. The van der Waals surface area contributed by atoms with Crippen molar-refractivity contribution in [2.24, 2.45) is 5.73 Å². The van der Waals surface area contributed by atoms with Gasteiger partial charge in [0, 0.05) is 24.4 Å². The van der Waals surface area contributed by atoms with Crippen molar-refractivity contribution in [3.05, 3.63) is 83.7 Å². The summed E-state index contributed by atoms with van der Waals surface area (Å²) < 4.78 is 1.87. The normalized spacial score (nSPS) is 23.8. The first-order chi connectivity index (χ1) is 13.7. The summed E-state index contributed by atoms with van der Waals surface area (Å²) in [4.78, 5) is 2.48. The van der Waals surface area contributed by atoms with Crippen molar-refractivity contribution in [3.8, 4) is 5.69 Å². The number of piperidine rings is 1. The smallest absolute Gasteiger partial charge is 0.0830 e. The first-order valence-electron chi connectivity index (χ1n) is 10.0. The van der Waals surface area contributed by atoms with E-state index in [4.69, 9.17) is 5.73 Å². The van der Waals surface area contributed by atoms with Gasteiger partial charge in [0.25, 0.3) is 0 Å². The van der Waals surface area contributed by atoms with Gasteiger partial charge in [0.05, 0.1) is 17.8 Å². The summed E-state index contributed by atoms with van der Waals surface area (Å²) in [6, 6.07) is 18.6. The van der Waals surface area contributed by atoms with Crippen LogP contribution in [0.5, 0.6) is 0 Å². The molecule has 0 amide bonds. The lowest BCUT2D eigenvalue weighted by atomic mass is 9.72. The number of aliphatic hydroxyl groups is 1. The fourth-order valence-electron chi connectivity index (χ4n) is 5.02. The largest absolute Gasteiger partial charge is 0.390 e. The average Bonchev–Trinajstić information content (AvgIpc) is 3.34. The third-order valence-electron chi connectivity index (χ3n) is 6.62. The number of hydrogen-bond donors (Lipinski definition) is 2. The standard InChI is InChI=1S/C23H26N4O/c24-21-19-4-1-2-5-20(19)23(22(21)28)10-14-26(15-11-23)16-17-6-8-18(9-7-17)27-13-3-12-25-27/h1-9,12-13,21-22,28H,10-11,14-16,24H2/t21-,22+/m1/s1. The van der Waals surface area contributed by atoms with Gasteiger partial charge < -0.3 is 10.8 Å². The van der Waals surface area contributed by atoms with Crippen LogP contribution in [0.1, 0.15) is 35.6 Å². The molecular weight excluding hydrogens is 348 g/mol. The van der Waals surface area contributed by atoms with Gasteiger partial charge >= 0.3 is 0 Å². The van der Waals surface area contributed by atoms with E-state index in [0.717, 1.165) is 43.7 Å². The number of nitrogens with two attached hydrogens (primary N) is 1. The number of nitrogens with zero attached hydrogens (tertiary/aromatic N) is 3. The molecule has 5 heteroatoms. The molecule has 1 fully saturated rings. The molecule has 1 spiro atoms. The van der Waals surface area contributed by atoms with Crippen LogP contribution in [0.25, 0.3) is 5.69 Å². The molecule has 0 saturated carbocycles. The highest BCUT2D eigenvalue weighted by atomic mass is 16.3.